The van der Waals surface area contributed by atoms with E-state index in [1.165, 1.54) is 0 Å². The number of hydrogen-bond acceptors (Lipinski definition) is 4. The van der Waals surface area contributed by atoms with Gasteiger partial charge in [-0.05, 0) is 49.0 Å². The molecule has 5 nitrogen and oxygen atoms in total. The first-order chi connectivity index (χ1) is 14.5. The normalized spacial score (nSPS) is 16.6. The van der Waals surface area contributed by atoms with Crippen molar-refractivity contribution in [1.29, 1.82) is 0 Å². The van der Waals surface area contributed by atoms with Crippen molar-refractivity contribution in [3.63, 3.8) is 0 Å². The molecule has 152 valence electrons. The molecule has 8 heteroatoms. The van der Waals surface area contributed by atoms with Gasteiger partial charge in [0.25, 0.3) is 5.89 Å². The molecule has 1 N–H and O–H groups in total. The molecule has 2 aromatic carbocycles. The van der Waals surface area contributed by atoms with Crippen LogP contribution in [0.25, 0.3) is 17.0 Å². The Balaban J connectivity index is 1.83. The van der Waals surface area contributed by atoms with Gasteiger partial charge in [0.1, 0.15) is 0 Å². The van der Waals surface area contributed by atoms with Gasteiger partial charge in [0.2, 0.25) is 5.82 Å². The van der Waals surface area contributed by atoms with E-state index < -0.39 is 0 Å². The predicted octanol–water partition coefficient (Wildman–Crippen LogP) is 5.89. The Morgan fingerprint density at radius 1 is 1.20 bits per heavy atom. The van der Waals surface area contributed by atoms with Crippen molar-refractivity contribution >= 4 is 46.1 Å². The van der Waals surface area contributed by atoms with E-state index in [-0.39, 0.29) is 6.04 Å². The highest BCUT2D eigenvalue weighted by molar-refractivity contribution is 7.80. The summed E-state index contributed by atoms with van der Waals surface area (Å²) in [6.07, 6.45) is 1.79. The van der Waals surface area contributed by atoms with Crippen LogP contribution in [-0.4, -0.2) is 26.7 Å². The van der Waals surface area contributed by atoms with Gasteiger partial charge in [-0.1, -0.05) is 58.7 Å². The maximum Gasteiger partial charge on any atom is 0.258 e. The zero-order valence-electron chi connectivity index (χ0n) is 16.1. The number of aromatic nitrogens is 2. The van der Waals surface area contributed by atoms with Crippen molar-refractivity contribution in [2.45, 2.75) is 13.0 Å². The summed E-state index contributed by atoms with van der Waals surface area (Å²) in [5.41, 5.74) is 3.45. The summed E-state index contributed by atoms with van der Waals surface area (Å²) >= 11 is 18.0. The van der Waals surface area contributed by atoms with Crippen LogP contribution in [0.1, 0.15) is 24.4 Å². The number of allylic oxidation sites excluding steroid dienone is 1. The lowest BCUT2D eigenvalue weighted by Crippen LogP contribution is -2.45. The summed E-state index contributed by atoms with van der Waals surface area (Å²) in [4.78, 5) is 6.60. The van der Waals surface area contributed by atoms with E-state index in [4.69, 9.17) is 39.9 Å². The summed E-state index contributed by atoms with van der Waals surface area (Å²) in [5.74, 6) is 0.859. The SMILES string of the molecule is C=CCN1C(=S)NC(c2cccc(Cl)c2)C(c2nc(-c3cccc(Cl)c3)no2)=C1C. The molecule has 0 fully saturated rings. The van der Waals surface area contributed by atoms with Gasteiger partial charge in [0.05, 0.1) is 11.6 Å². The highest BCUT2D eigenvalue weighted by atomic mass is 35.5. The largest absolute Gasteiger partial charge is 0.351 e. The van der Waals surface area contributed by atoms with Crippen LogP contribution in [0.2, 0.25) is 10.0 Å². The van der Waals surface area contributed by atoms with Gasteiger partial charge in [0.15, 0.2) is 5.11 Å². The zero-order valence-corrected chi connectivity index (χ0v) is 18.4. The third-order valence-electron chi connectivity index (χ3n) is 4.83. The molecule has 1 unspecified atom stereocenters. The Labute approximate surface area is 190 Å². The summed E-state index contributed by atoms with van der Waals surface area (Å²) in [6, 6.07) is 14.6. The minimum absolute atomic E-state index is 0.287. The second kappa shape index (κ2) is 8.60. The average Bonchev–Trinajstić information content (AvgIpc) is 3.20. The smallest absolute Gasteiger partial charge is 0.258 e. The Morgan fingerprint density at radius 2 is 1.93 bits per heavy atom. The van der Waals surface area contributed by atoms with E-state index in [9.17, 15) is 0 Å². The monoisotopic (exact) mass is 456 g/mol. The molecular weight excluding hydrogens is 439 g/mol. The fourth-order valence-electron chi connectivity index (χ4n) is 3.42. The molecule has 30 heavy (non-hydrogen) atoms. The maximum absolute atomic E-state index is 6.24. The molecule has 0 saturated heterocycles. The molecule has 0 aliphatic carbocycles. The van der Waals surface area contributed by atoms with E-state index in [1.54, 1.807) is 18.2 Å². The molecule has 0 bridgehead atoms. The summed E-state index contributed by atoms with van der Waals surface area (Å²) in [5, 5.41) is 9.38. The van der Waals surface area contributed by atoms with Gasteiger partial charge in [0, 0.05) is 27.9 Å². The summed E-state index contributed by atoms with van der Waals surface area (Å²) in [6.45, 7) is 6.36. The minimum Gasteiger partial charge on any atom is -0.351 e. The average molecular weight is 457 g/mol. The molecule has 0 amide bonds. The van der Waals surface area contributed by atoms with E-state index in [1.807, 2.05) is 48.2 Å². The van der Waals surface area contributed by atoms with Crippen molar-refractivity contribution in [3.05, 3.63) is 88.4 Å². The van der Waals surface area contributed by atoms with Crippen LogP contribution in [0, 0.1) is 0 Å². The zero-order chi connectivity index (χ0) is 21.3. The van der Waals surface area contributed by atoms with E-state index >= 15 is 0 Å². The fraction of sp³-hybridized carbons (Fsp3) is 0.136. The van der Waals surface area contributed by atoms with Crippen LogP contribution < -0.4 is 5.32 Å². The standard InChI is InChI=1S/C22H18Cl2N4OS/c1-3-10-28-13(2)18(19(25-22(28)30)14-6-4-8-16(23)11-14)21-26-20(27-29-21)15-7-5-9-17(24)12-15/h3-9,11-12,19H,1,10H2,2H3,(H,25,30). The fourth-order valence-corrected chi connectivity index (χ4v) is 4.14. The summed E-state index contributed by atoms with van der Waals surface area (Å²) in [7, 11) is 0. The van der Waals surface area contributed by atoms with Crippen molar-refractivity contribution in [1.82, 2.24) is 20.4 Å². The van der Waals surface area contributed by atoms with Gasteiger partial charge in [-0.3, -0.25) is 0 Å². The second-order valence-corrected chi connectivity index (χ2v) is 8.03. The Hall–Kier alpha value is -2.67. The minimum atomic E-state index is -0.287. The molecule has 4 rings (SSSR count). The van der Waals surface area contributed by atoms with Gasteiger partial charge in [-0.25, -0.2) is 0 Å². The van der Waals surface area contributed by atoms with Gasteiger partial charge in [-0.2, -0.15) is 4.98 Å². The van der Waals surface area contributed by atoms with Crippen LogP contribution in [0.5, 0.6) is 0 Å². The number of halogens is 2. The van der Waals surface area contributed by atoms with E-state index in [0.29, 0.717) is 33.4 Å². The molecule has 0 radical (unpaired) electrons. The van der Waals surface area contributed by atoms with Crippen molar-refractivity contribution in [2.75, 3.05) is 6.54 Å². The molecule has 2 heterocycles. The Kier molecular flexibility index (Phi) is 5.90. The number of hydrogen-bond donors (Lipinski definition) is 1. The van der Waals surface area contributed by atoms with Crippen molar-refractivity contribution < 1.29 is 4.52 Å². The Morgan fingerprint density at radius 3 is 2.63 bits per heavy atom. The van der Waals surface area contributed by atoms with Gasteiger partial charge in [-0.15, -0.1) is 6.58 Å². The molecule has 1 aliphatic heterocycles. The van der Waals surface area contributed by atoms with Crippen LogP contribution in [0.3, 0.4) is 0 Å². The maximum atomic E-state index is 6.24. The van der Waals surface area contributed by atoms with E-state index in [2.05, 4.69) is 22.0 Å². The third kappa shape index (κ3) is 3.99. The topological polar surface area (TPSA) is 54.2 Å². The molecule has 0 saturated carbocycles. The number of nitrogens with zero attached hydrogens (tertiary/aromatic N) is 3. The van der Waals surface area contributed by atoms with Gasteiger partial charge < -0.3 is 14.7 Å². The highest BCUT2D eigenvalue weighted by Gasteiger charge is 2.33. The van der Waals surface area contributed by atoms with Crippen LogP contribution in [0.4, 0.5) is 0 Å². The molecule has 1 aromatic heterocycles. The lowest BCUT2D eigenvalue weighted by molar-refractivity contribution is 0.399. The number of nitrogens with one attached hydrogen (secondary N) is 1. The first kappa shape index (κ1) is 20.6. The quantitative estimate of drug-likeness (QED) is 0.381. The molecule has 3 aromatic rings. The molecule has 0 spiro atoms. The van der Waals surface area contributed by atoms with Crippen molar-refractivity contribution in [3.8, 4) is 11.4 Å². The molecular formula is C22H18Cl2N4OS. The third-order valence-corrected chi connectivity index (χ3v) is 5.64. The first-order valence-corrected chi connectivity index (χ1v) is 10.4. The van der Waals surface area contributed by atoms with Crippen molar-refractivity contribution in [2.24, 2.45) is 0 Å². The van der Waals surface area contributed by atoms with Crippen LogP contribution in [-0.2, 0) is 0 Å². The lowest BCUT2D eigenvalue weighted by atomic mass is 9.95. The summed E-state index contributed by atoms with van der Waals surface area (Å²) < 4.78 is 5.68. The highest BCUT2D eigenvalue weighted by Crippen LogP contribution is 2.38. The second-order valence-electron chi connectivity index (χ2n) is 6.77. The number of rotatable bonds is 5. The molecule has 1 aliphatic rings. The van der Waals surface area contributed by atoms with Gasteiger partial charge >= 0.3 is 0 Å². The number of thiocarbonyl (C=S) groups is 1. The van der Waals surface area contributed by atoms with E-state index in [0.717, 1.165) is 22.4 Å². The Bertz CT molecular complexity index is 1160. The van der Waals surface area contributed by atoms with Crippen LogP contribution >= 0.6 is 35.4 Å². The number of benzene rings is 2. The predicted molar refractivity (Wildman–Crippen MR) is 124 cm³/mol. The molecule has 1 atom stereocenters. The van der Waals surface area contributed by atoms with Crippen LogP contribution in [0.15, 0.2) is 71.4 Å². The first-order valence-electron chi connectivity index (χ1n) is 9.23. The lowest BCUT2D eigenvalue weighted by Gasteiger charge is -2.36.